The van der Waals surface area contributed by atoms with Gasteiger partial charge in [0.1, 0.15) is 5.82 Å². The van der Waals surface area contributed by atoms with E-state index in [0.717, 1.165) is 51.0 Å². The van der Waals surface area contributed by atoms with Gasteiger partial charge in [0.2, 0.25) is 0 Å². The highest BCUT2D eigenvalue weighted by molar-refractivity contribution is 5.92. The largest absolute Gasteiger partial charge is 0.545 e. The number of aromatic amines is 1. The average molecular weight is 303 g/mol. The van der Waals surface area contributed by atoms with Crippen LogP contribution >= 0.6 is 0 Å². The van der Waals surface area contributed by atoms with Crippen molar-refractivity contribution in [2.24, 2.45) is 0 Å². The van der Waals surface area contributed by atoms with Gasteiger partial charge in [0, 0.05) is 24.7 Å². The fourth-order valence-corrected chi connectivity index (χ4v) is 2.94. The Bertz CT molecular complexity index is 777. The van der Waals surface area contributed by atoms with Crippen LogP contribution in [0.3, 0.4) is 0 Å². The number of hydrogen-bond acceptors (Lipinski definition) is 4. The molecule has 3 rings (SSSR count). The predicted octanol–water partition coefficient (Wildman–Crippen LogP) is 1.41. The van der Waals surface area contributed by atoms with Gasteiger partial charge in [-0.2, -0.15) is 0 Å². The van der Waals surface area contributed by atoms with Crippen molar-refractivity contribution in [3.63, 3.8) is 0 Å². The number of hydrogen-bond donors (Lipinski definition) is 1. The maximum absolute atomic E-state index is 14.4. The second-order valence-electron chi connectivity index (χ2n) is 5.57. The van der Waals surface area contributed by atoms with E-state index < -0.39 is 22.8 Å². The van der Waals surface area contributed by atoms with Crippen LogP contribution < -0.4 is 15.4 Å². The fraction of sp³-hybridized carbons (Fsp3) is 0.375. The van der Waals surface area contributed by atoms with E-state index in [9.17, 15) is 19.1 Å². The summed E-state index contributed by atoms with van der Waals surface area (Å²) >= 11 is 0. The first-order valence-corrected chi connectivity index (χ1v) is 7.39. The highest BCUT2D eigenvalue weighted by Crippen LogP contribution is 2.26. The van der Waals surface area contributed by atoms with Crippen LogP contribution in [0.4, 0.5) is 10.1 Å². The second-order valence-corrected chi connectivity index (χ2v) is 5.57. The summed E-state index contributed by atoms with van der Waals surface area (Å²) in [6.07, 6.45) is 5.40. The van der Waals surface area contributed by atoms with E-state index in [1.807, 2.05) is 4.90 Å². The number of aromatic nitrogens is 1. The van der Waals surface area contributed by atoms with Gasteiger partial charge in [0.05, 0.1) is 22.7 Å². The van der Waals surface area contributed by atoms with Gasteiger partial charge in [-0.3, -0.25) is 4.79 Å². The summed E-state index contributed by atoms with van der Waals surface area (Å²) in [4.78, 5) is 27.6. The van der Waals surface area contributed by atoms with Crippen molar-refractivity contribution in [3.8, 4) is 0 Å². The van der Waals surface area contributed by atoms with Gasteiger partial charge in [-0.05, 0) is 25.0 Å². The van der Waals surface area contributed by atoms with Crippen LogP contribution in [-0.2, 0) is 0 Å². The Kier molecular flexibility index (Phi) is 3.83. The van der Waals surface area contributed by atoms with Gasteiger partial charge >= 0.3 is 0 Å². The van der Waals surface area contributed by atoms with Crippen molar-refractivity contribution in [1.29, 1.82) is 0 Å². The number of carboxylic acid groups (broad SMARTS) is 1. The molecule has 0 bridgehead atoms. The number of nitrogens with one attached hydrogen (secondary N) is 1. The molecule has 116 valence electrons. The molecule has 1 aromatic carbocycles. The summed E-state index contributed by atoms with van der Waals surface area (Å²) in [5, 5.41) is 10.9. The van der Waals surface area contributed by atoms with Crippen LogP contribution in [0.25, 0.3) is 10.9 Å². The summed E-state index contributed by atoms with van der Waals surface area (Å²) in [6.45, 7) is 1.56. The lowest BCUT2D eigenvalue weighted by atomic mass is 10.1. The molecule has 0 saturated carbocycles. The summed E-state index contributed by atoms with van der Waals surface area (Å²) in [5.74, 6) is -2.07. The van der Waals surface area contributed by atoms with E-state index in [1.165, 1.54) is 0 Å². The summed E-state index contributed by atoms with van der Waals surface area (Å²) < 4.78 is 14.4. The van der Waals surface area contributed by atoms with Gasteiger partial charge in [-0.25, -0.2) is 4.39 Å². The predicted molar refractivity (Wildman–Crippen MR) is 79.5 cm³/mol. The lowest BCUT2D eigenvalue weighted by molar-refractivity contribution is -0.255. The average Bonchev–Trinajstić information content (AvgIpc) is 2.76. The highest BCUT2D eigenvalue weighted by Gasteiger charge is 2.16. The third kappa shape index (κ3) is 2.56. The molecule has 6 heteroatoms. The molecule has 1 aromatic heterocycles. The minimum Gasteiger partial charge on any atom is -0.545 e. The Morgan fingerprint density at radius 3 is 2.50 bits per heavy atom. The molecule has 2 heterocycles. The van der Waals surface area contributed by atoms with Gasteiger partial charge in [0.15, 0.2) is 5.43 Å². The number of H-pyrrole nitrogens is 1. The number of aromatic carboxylic acids is 1. The quantitative estimate of drug-likeness (QED) is 0.910. The van der Waals surface area contributed by atoms with E-state index in [2.05, 4.69) is 4.98 Å². The van der Waals surface area contributed by atoms with E-state index in [1.54, 1.807) is 6.07 Å². The first-order valence-electron chi connectivity index (χ1n) is 7.39. The molecule has 1 fully saturated rings. The van der Waals surface area contributed by atoms with E-state index in [4.69, 9.17) is 0 Å². The van der Waals surface area contributed by atoms with Crippen molar-refractivity contribution in [2.45, 2.75) is 25.7 Å². The monoisotopic (exact) mass is 303 g/mol. The summed E-state index contributed by atoms with van der Waals surface area (Å²) in [5.41, 5.74) is -0.341. The topological polar surface area (TPSA) is 76.2 Å². The lowest BCUT2D eigenvalue weighted by Gasteiger charge is -2.23. The maximum atomic E-state index is 14.4. The molecule has 5 nitrogen and oxygen atoms in total. The molecule has 0 spiro atoms. The number of rotatable bonds is 2. The van der Waals surface area contributed by atoms with Crippen LogP contribution in [0.2, 0.25) is 0 Å². The molecule has 0 atom stereocenters. The molecular formula is C16H16FN2O3-. The Hall–Kier alpha value is -2.37. The number of carbonyl (C=O) groups excluding carboxylic acids is 1. The van der Waals surface area contributed by atoms with Crippen molar-refractivity contribution >= 4 is 22.6 Å². The van der Waals surface area contributed by atoms with Gasteiger partial charge < -0.3 is 19.8 Å². The summed E-state index contributed by atoms with van der Waals surface area (Å²) in [6, 6.07) is 2.69. The van der Waals surface area contributed by atoms with Crippen molar-refractivity contribution in [3.05, 3.63) is 39.9 Å². The zero-order valence-corrected chi connectivity index (χ0v) is 12.0. The van der Waals surface area contributed by atoms with Gasteiger partial charge in [0.25, 0.3) is 0 Å². The van der Waals surface area contributed by atoms with Crippen LogP contribution in [0.5, 0.6) is 0 Å². The Morgan fingerprint density at radius 2 is 1.86 bits per heavy atom. The molecule has 0 unspecified atom stereocenters. The normalized spacial score (nSPS) is 15.8. The van der Waals surface area contributed by atoms with Gasteiger partial charge in [-0.15, -0.1) is 0 Å². The zero-order chi connectivity index (χ0) is 15.7. The van der Waals surface area contributed by atoms with Crippen LogP contribution in [-0.4, -0.2) is 24.0 Å². The number of carboxylic acids is 1. The first kappa shape index (κ1) is 14.6. The Balaban J connectivity index is 2.11. The number of halogens is 1. The number of benzene rings is 1. The van der Waals surface area contributed by atoms with E-state index in [-0.39, 0.29) is 5.39 Å². The third-order valence-electron chi connectivity index (χ3n) is 4.11. The second kappa shape index (κ2) is 5.79. The minimum atomic E-state index is -1.57. The van der Waals surface area contributed by atoms with Crippen LogP contribution in [0, 0.1) is 5.82 Å². The molecule has 1 saturated heterocycles. The first-order chi connectivity index (χ1) is 10.6. The minimum absolute atomic E-state index is 0.0257. The van der Waals surface area contributed by atoms with E-state index >= 15 is 0 Å². The molecule has 1 N–H and O–H groups in total. The van der Waals surface area contributed by atoms with Crippen molar-refractivity contribution in [1.82, 2.24) is 4.98 Å². The highest BCUT2D eigenvalue weighted by atomic mass is 19.1. The molecule has 0 amide bonds. The van der Waals surface area contributed by atoms with Crippen LogP contribution in [0.1, 0.15) is 36.0 Å². The number of carbonyl (C=O) groups is 1. The standard InChI is InChI=1S/C16H17FN2O3/c17-12-7-10-13(18-9-11(15(10)20)16(21)22)8-14(12)19-5-3-1-2-4-6-19/h7-9H,1-6H2,(H,18,20)(H,21,22)/p-1. The zero-order valence-electron chi connectivity index (χ0n) is 12.0. The Morgan fingerprint density at radius 1 is 1.18 bits per heavy atom. The smallest absolute Gasteiger partial charge is 0.198 e. The number of pyridine rings is 1. The molecule has 1 aliphatic rings. The third-order valence-corrected chi connectivity index (χ3v) is 4.11. The molecular weight excluding hydrogens is 287 g/mol. The molecule has 0 aliphatic carbocycles. The SMILES string of the molecule is O=C([O-])c1c[nH]c2cc(N3CCCCCC3)c(F)cc2c1=O. The maximum Gasteiger partial charge on any atom is 0.198 e. The van der Waals surface area contributed by atoms with Crippen molar-refractivity contribution < 1.29 is 14.3 Å². The molecule has 22 heavy (non-hydrogen) atoms. The van der Waals surface area contributed by atoms with Gasteiger partial charge in [-0.1, -0.05) is 12.8 Å². The molecule has 0 radical (unpaired) electrons. The number of anilines is 1. The van der Waals surface area contributed by atoms with E-state index in [0.29, 0.717) is 11.2 Å². The number of nitrogens with zero attached hydrogens (tertiary/aromatic N) is 1. The lowest BCUT2D eigenvalue weighted by Crippen LogP contribution is -2.29. The fourth-order valence-electron chi connectivity index (χ4n) is 2.94. The summed E-state index contributed by atoms with van der Waals surface area (Å²) in [7, 11) is 0. The van der Waals surface area contributed by atoms with Crippen LogP contribution in [0.15, 0.2) is 23.1 Å². The molecule has 2 aromatic rings. The molecule has 1 aliphatic heterocycles. The van der Waals surface area contributed by atoms with Crippen molar-refractivity contribution in [2.75, 3.05) is 18.0 Å². The number of fused-ring (bicyclic) bond motifs is 1. The Labute approximate surface area is 126 Å².